The highest BCUT2D eigenvalue weighted by molar-refractivity contribution is 7.92. The number of nitrogens with zero attached hydrogens (tertiary/aromatic N) is 4. The van der Waals surface area contributed by atoms with Crippen LogP contribution in [-0.4, -0.2) is 35.7 Å². The van der Waals surface area contributed by atoms with Gasteiger partial charge in [-0.05, 0) is 41.6 Å². The number of hydrogen-bond donors (Lipinski definition) is 1. The maximum absolute atomic E-state index is 12.5. The molecule has 0 saturated heterocycles. The van der Waals surface area contributed by atoms with E-state index in [9.17, 15) is 8.42 Å². The van der Waals surface area contributed by atoms with Crippen molar-refractivity contribution in [1.82, 2.24) is 20.2 Å². The van der Waals surface area contributed by atoms with Crippen molar-refractivity contribution in [2.75, 3.05) is 11.8 Å². The normalized spacial score (nSPS) is 11.2. The van der Waals surface area contributed by atoms with Gasteiger partial charge >= 0.3 is 0 Å². The van der Waals surface area contributed by atoms with Gasteiger partial charge in [0.25, 0.3) is 10.0 Å². The van der Waals surface area contributed by atoms with Gasteiger partial charge in [0.1, 0.15) is 12.1 Å². The summed E-state index contributed by atoms with van der Waals surface area (Å²) in [6.45, 7) is 1.89. The first-order chi connectivity index (χ1) is 11.5. The summed E-state index contributed by atoms with van der Waals surface area (Å²) in [7, 11) is -2.25. The molecule has 0 bridgehead atoms. The predicted molar refractivity (Wildman–Crippen MR) is 87.7 cm³/mol. The molecule has 2 aromatic carbocycles. The Balaban J connectivity index is 1.93. The lowest BCUT2D eigenvalue weighted by molar-refractivity contribution is 0.416. The van der Waals surface area contributed by atoms with Gasteiger partial charge in [-0.3, -0.25) is 4.72 Å². The van der Waals surface area contributed by atoms with Crippen LogP contribution in [0.5, 0.6) is 5.75 Å². The summed E-state index contributed by atoms with van der Waals surface area (Å²) in [6.07, 6.45) is 1.44. The topological polar surface area (TPSA) is 99.0 Å². The summed E-state index contributed by atoms with van der Waals surface area (Å²) in [4.78, 5) is 0.180. The molecule has 0 aliphatic rings. The van der Waals surface area contributed by atoms with E-state index in [1.807, 2.05) is 6.92 Å². The van der Waals surface area contributed by atoms with E-state index in [0.29, 0.717) is 17.1 Å². The van der Waals surface area contributed by atoms with Crippen molar-refractivity contribution in [1.29, 1.82) is 0 Å². The fourth-order valence-electron chi connectivity index (χ4n) is 2.11. The number of anilines is 1. The Kier molecular flexibility index (Phi) is 4.17. The Morgan fingerprint density at radius 3 is 2.50 bits per heavy atom. The molecule has 0 fully saturated rings. The second-order valence-electron chi connectivity index (χ2n) is 5.06. The van der Waals surface area contributed by atoms with Crippen molar-refractivity contribution in [3.05, 3.63) is 54.4 Å². The molecule has 1 N–H and O–H groups in total. The van der Waals surface area contributed by atoms with Crippen molar-refractivity contribution < 1.29 is 13.2 Å². The maximum Gasteiger partial charge on any atom is 0.262 e. The monoisotopic (exact) mass is 345 g/mol. The average Bonchev–Trinajstić information content (AvgIpc) is 3.10. The molecule has 0 atom stereocenters. The SMILES string of the molecule is COc1cc(-n2cnnn2)ccc1NS(=O)(=O)c1ccc(C)cc1. The third-order valence-corrected chi connectivity index (χ3v) is 4.76. The zero-order valence-corrected chi connectivity index (χ0v) is 13.9. The summed E-state index contributed by atoms with van der Waals surface area (Å²) in [6, 6.07) is 11.5. The molecule has 3 aromatic rings. The molecule has 0 spiro atoms. The smallest absolute Gasteiger partial charge is 0.262 e. The first-order valence-corrected chi connectivity index (χ1v) is 8.49. The van der Waals surface area contributed by atoms with E-state index in [-0.39, 0.29) is 4.90 Å². The number of nitrogens with one attached hydrogen (secondary N) is 1. The summed E-state index contributed by atoms with van der Waals surface area (Å²) in [5.41, 5.74) is 1.96. The molecule has 0 amide bonds. The zero-order valence-electron chi connectivity index (χ0n) is 13.0. The summed E-state index contributed by atoms with van der Waals surface area (Å²) in [5, 5.41) is 10.9. The number of sulfonamides is 1. The lowest BCUT2D eigenvalue weighted by Gasteiger charge is -2.13. The summed E-state index contributed by atoms with van der Waals surface area (Å²) in [5.74, 6) is 0.360. The van der Waals surface area contributed by atoms with E-state index in [4.69, 9.17) is 4.74 Å². The van der Waals surface area contributed by atoms with Crippen LogP contribution in [-0.2, 0) is 10.0 Å². The van der Waals surface area contributed by atoms with Gasteiger partial charge < -0.3 is 4.74 Å². The zero-order chi connectivity index (χ0) is 17.2. The fourth-order valence-corrected chi connectivity index (χ4v) is 3.18. The largest absolute Gasteiger partial charge is 0.494 e. The molecule has 1 heterocycles. The van der Waals surface area contributed by atoms with Gasteiger partial charge in [-0.25, -0.2) is 13.1 Å². The number of benzene rings is 2. The number of ether oxygens (including phenoxy) is 1. The number of tetrazole rings is 1. The van der Waals surface area contributed by atoms with Crippen LogP contribution >= 0.6 is 0 Å². The van der Waals surface area contributed by atoms with Gasteiger partial charge in [-0.15, -0.1) is 5.10 Å². The number of hydrogen-bond acceptors (Lipinski definition) is 6. The van der Waals surface area contributed by atoms with E-state index in [1.165, 1.54) is 18.1 Å². The van der Waals surface area contributed by atoms with E-state index < -0.39 is 10.0 Å². The second-order valence-corrected chi connectivity index (χ2v) is 6.74. The van der Waals surface area contributed by atoms with Crippen molar-refractivity contribution in [2.45, 2.75) is 11.8 Å². The summed E-state index contributed by atoms with van der Waals surface area (Å²) >= 11 is 0. The molecule has 8 nitrogen and oxygen atoms in total. The third kappa shape index (κ3) is 3.20. The minimum absolute atomic E-state index is 0.180. The van der Waals surface area contributed by atoms with Gasteiger partial charge in [0, 0.05) is 6.07 Å². The van der Waals surface area contributed by atoms with E-state index in [2.05, 4.69) is 20.2 Å². The first kappa shape index (κ1) is 15.9. The fraction of sp³-hybridized carbons (Fsp3) is 0.133. The highest BCUT2D eigenvalue weighted by atomic mass is 32.2. The minimum atomic E-state index is -3.71. The van der Waals surface area contributed by atoms with Crippen LogP contribution < -0.4 is 9.46 Å². The van der Waals surface area contributed by atoms with Crippen molar-refractivity contribution in [3.63, 3.8) is 0 Å². The van der Waals surface area contributed by atoms with Crippen LogP contribution in [0.15, 0.2) is 53.7 Å². The molecule has 124 valence electrons. The predicted octanol–water partition coefficient (Wildman–Crippen LogP) is 1.78. The molecule has 9 heteroatoms. The third-order valence-electron chi connectivity index (χ3n) is 3.37. The van der Waals surface area contributed by atoms with Gasteiger partial charge in [-0.2, -0.15) is 0 Å². The Hall–Kier alpha value is -2.94. The molecule has 1 aromatic heterocycles. The molecule has 24 heavy (non-hydrogen) atoms. The van der Waals surface area contributed by atoms with Crippen LogP contribution in [0.3, 0.4) is 0 Å². The molecule has 0 unspecified atom stereocenters. The lowest BCUT2D eigenvalue weighted by atomic mass is 10.2. The quantitative estimate of drug-likeness (QED) is 0.757. The van der Waals surface area contributed by atoms with E-state index >= 15 is 0 Å². The van der Waals surface area contributed by atoms with E-state index in [0.717, 1.165) is 5.56 Å². The average molecular weight is 345 g/mol. The molecular weight excluding hydrogens is 330 g/mol. The Morgan fingerprint density at radius 1 is 1.12 bits per heavy atom. The van der Waals surface area contributed by atoms with Gasteiger partial charge in [0.2, 0.25) is 0 Å². The highest BCUT2D eigenvalue weighted by Crippen LogP contribution is 2.29. The first-order valence-electron chi connectivity index (χ1n) is 7.00. The second kappa shape index (κ2) is 6.28. The van der Waals surface area contributed by atoms with Gasteiger partial charge in [-0.1, -0.05) is 17.7 Å². The van der Waals surface area contributed by atoms with Gasteiger partial charge in [0.15, 0.2) is 0 Å². The van der Waals surface area contributed by atoms with Crippen molar-refractivity contribution in [2.24, 2.45) is 0 Å². The Bertz CT molecular complexity index is 938. The molecule has 0 radical (unpaired) electrons. The van der Waals surface area contributed by atoms with Crippen LogP contribution in [0.2, 0.25) is 0 Å². The Labute approximate surface area is 139 Å². The minimum Gasteiger partial charge on any atom is -0.494 e. The lowest BCUT2D eigenvalue weighted by Crippen LogP contribution is -2.13. The van der Waals surface area contributed by atoms with Crippen LogP contribution in [0.4, 0.5) is 5.69 Å². The summed E-state index contributed by atoms with van der Waals surface area (Å²) < 4.78 is 34.2. The molecule has 0 aliphatic heterocycles. The van der Waals surface area contributed by atoms with E-state index in [1.54, 1.807) is 42.5 Å². The number of aromatic nitrogens is 4. The maximum atomic E-state index is 12.5. The van der Waals surface area contributed by atoms with Gasteiger partial charge in [0.05, 0.1) is 23.4 Å². The molecule has 3 rings (SSSR count). The van der Waals surface area contributed by atoms with Crippen molar-refractivity contribution in [3.8, 4) is 11.4 Å². The van der Waals surface area contributed by atoms with Crippen molar-refractivity contribution >= 4 is 15.7 Å². The molecule has 0 aliphatic carbocycles. The molecular formula is C15H15N5O3S. The van der Waals surface area contributed by atoms with Crippen LogP contribution in [0.25, 0.3) is 5.69 Å². The standard InChI is InChI=1S/C15H15N5O3S/c1-11-3-6-13(7-4-11)24(21,22)17-14-8-5-12(9-15(14)23-2)20-10-16-18-19-20/h3-10,17H,1-2H3. The molecule has 0 saturated carbocycles. The van der Waals surface area contributed by atoms with Crippen LogP contribution in [0.1, 0.15) is 5.56 Å². The number of rotatable bonds is 5. The number of methoxy groups -OCH3 is 1. The number of aryl methyl sites for hydroxylation is 1. The Morgan fingerprint density at radius 2 is 1.88 bits per heavy atom. The van der Waals surface area contributed by atoms with Crippen LogP contribution in [0, 0.1) is 6.92 Å². The highest BCUT2D eigenvalue weighted by Gasteiger charge is 2.17.